The number of fused-ring (bicyclic) bond motifs is 1. The van der Waals surface area contributed by atoms with Gasteiger partial charge in [-0.25, -0.2) is 9.37 Å². The third-order valence-corrected chi connectivity index (χ3v) is 3.83. The Kier molecular flexibility index (Phi) is 3.16. The van der Waals surface area contributed by atoms with Crippen LogP contribution in [0.4, 0.5) is 21.8 Å². The van der Waals surface area contributed by atoms with Crippen LogP contribution < -0.4 is 11.1 Å². The van der Waals surface area contributed by atoms with Crippen LogP contribution in [0.15, 0.2) is 24.3 Å². The van der Waals surface area contributed by atoms with E-state index in [1.54, 1.807) is 0 Å². The number of hydrogen-bond donors (Lipinski definition) is 2. The minimum Gasteiger partial charge on any atom is -0.368 e. The number of benzene rings is 1. The Morgan fingerprint density at radius 1 is 1.33 bits per heavy atom. The summed E-state index contributed by atoms with van der Waals surface area (Å²) in [6.07, 6.45) is 0. The van der Waals surface area contributed by atoms with Crippen molar-refractivity contribution in [3.63, 3.8) is 0 Å². The number of nitrogens with one attached hydrogen (secondary N) is 1. The number of nitrogen functional groups attached to an aromatic ring is 1. The van der Waals surface area contributed by atoms with Gasteiger partial charge < -0.3 is 11.1 Å². The van der Waals surface area contributed by atoms with E-state index in [0.717, 1.165) is 15.1 Å². The standard InChI is InChI=1S/C14H10FN5S/c1-7-4-9-12(19-14(17)20-13(9)21-7)18-11-3-2-8(6-16)5-10(11)15/h2-5H,1H3,(H3,17,18,19,20). The van der Waals surface area contributed by atoms with Crippen molar-refractivity contribution < 1.29 is 4.39 Å². The van der Waals surface area contributed by atoms with Crippen molar-refractivity contribution in [2.24, 2.45) is 0 Å². The van der Waals surface area contributed by atoms with E-state index in [1.807, 2.05) is 19.1 Å². The summed E-state index contributed by atoms with van der Waals surface area (Å²) in [6, 6.07) is 8.01. The van der Waals surface area contributed by atoms with E-state index >= 15 is 0 Å². The summed E-state index contributed by atoms with van der Waals surface area (Å²) in [4.78, 5) is 10.1. The van der Waals surface area contributed by atoms with Gasteiger partial charge in [-0.2, -0.15) is 10.2 Å². The van der Waals surface area contributed by atoms with E-state index in [4.69, 9.17) is 11.0 Å². The Morgan fingerprint density at radius 3 is 2.86 bits per heavy atom. The van der Waals surface area contributed by atoms with Gasteiger partial charge in [0.05, 0.1) is 22.7 Å². The maximum atomic E-state index is 13.9. The SMILES string of the molecule is Cc1cc2c(Nc3ccc(C#N)cc3F)nc(N)nc2s1. The van der Waals surface area contributed by atoms with Gasteiger partial charge in [0.15, 0.2) is 0 Å². The van der Waals surface area contributed by atoms with E-state index in [0.29, 0.717) is 5.82 Å². The Balaban J connectivity index is 2.08. The summed E-state index contributed by atoms with van der Waals surface area (Å²) in [5, 5.41) is 12.4. The van der Waals surface area contributed by atoms with Crippen molar-refractivity contribution in [1.29, 1.82) is 5.26 Å². The summed E-state index contributed by atoms with van der Waals surface area (Å²) in [6.45, 7) is 1.95. The number of nitrogens with zero attached hydrogens (tertiary/aromatic N) is 3. The van der Waals surface area contributed by atoms with Gasteiger partial charge >= 0.3 is 0 Å². The molecule has 0 aliphatic carbocycles. The average molecular weight is 299 g/mol. The van der Waals surface area contributed by atoms with Gasteiger partial charge in [-0.1, -0.05) is 0 Å². The minimum absolute atomic E-state index is 0.126. The third kappa shape index (κ3) is 2.49. The first-order valence-electron chi connectivity index (χ1n) is 6.07. The normalized spacial score (nSPS) is 10.5. The number of aromatic nitrogens is 2. The van der Waals surface area contributed by atoms with E-state index in [9.17, 15) is 4.39 Å². The van der Waals surface area contributed by atoms with Crippen molar-refractivity contribution in [2.45, 2.75) is 6.92 Å². The summed E-state index contributed by atoms with van der Waals surface area (Å²) in [5.41, 5.74) is 6.17. The Morgan fingerprint density at radius 2 is 2.14 bits per heavy atom. The first-order chi connectivity index (χ1) is 10.1. The van der Waals surface area contributed by atoms with Crippen LogP contribution in [0, 0.1) is 24.1 Å². The summed E-state index contributed by atoms with van der Waals surface area (Å²) in [5.74, 6) is 0.0534. The number of thiophene rings is 1. The number of rotatable bonds is 2. The van der Waals surface area contributed by atoms with Crippen LogP contribution in [0.3, 0.4) is 0 Å². The molecule has 0 radical (unpaired) electrons. The molecule has 0 aliphatic rings. The van der Waals surface area contributed by atoms with E-state index < -0.39 is 5.82 Å². The molecule has 104 valence electrons. The molecule has 0 unspecified atom stereocenters. The second-order valence-electron chi connectivity index (χ2n) is 4.44. The molecule has 0 saturated heterocycles. The highest BCUT2D eigenvalue weighted by molar-refractivity contribution is 7.18. The van der Waals surface area contributed by atoms with Crippen molar-refractivity contribution in [3.05, 3.63) is 40.5 Å². The molecule has 0 aliphatic heterocycles. The molecular weight excluding hydrogens is 289 g/mol. The zero-order valence-corrected chi connectivity index (χ0v) is 11.8. The number of nitriles is 1. The quantitative estimate of drug-likeness (QED) is 0.757. The Bertz CT molecular complexity index is 881. The highest BCUT2D eigenvalue weighted by atomic mass is 32.1. The Hall–Kier alpha value is -2.72. The Labute approximate surface area is 123 Å². The largest absolute Gasteiger partial charge is 0.368 e. The monoisotopic (exact) mass is 299 g/mol. The van der Waals surface area contributed by atoms with Gasteiger partial charge in [0, 0.05) is 4.88 Å². The molecule has 0 spiro atoms. The maximum absolute atomic E-state index is 13.9. The van der Waals surface area contributed by atoms with Crippen LogP contribution >= 0.6 is 11.3 Å². The molecule has 0 saturated carbocycles. The molecule has 0 bridgehead atoms. The molecule has 0 amide bonds. The molecule has 0 fully saturated rings. The molecule has 1 aromatic carbocycles. The van der Waals surface area contributed by atoms with Crippen LogP contribution in [0.2, 0.25) is 0 Å². The fraction of sp³-hybridized carbons (Fsp3) is 0.0714. The predicted molar refractivity (Wildman–Crippen MR) is 81.0 cm³/mol. The van der Waals surface area contributed by atoms with Crippen LogP contribution in [-0.4, -0.2) is 9.97 Å². The van der Waals surface area contributed by atoms with Crippen molar-refractivity contribution in [2.75, 3.05) is 11.1 Å². The second kappa shape index (κ2) is 5.00. The van der Waals surface area contributed by atoms with Gasteiger partial charge in [0.25, 0.3) is 0 Å². The molecule has 21 heavy (non-hydrogen) atoms. The highest BCUT2D eigenvalue weighted by Gasteiger charge is 2.11. The first kappa shape index (κ1) is 13.3. The van der Waals surface area contributed by atoms with E-state index in [-0.39, 0.29) is 17.2 Å². The highest BCUT2D eigenvalue weighted by Crippen LogP contribution is 2.31. The average Bonchev–Trinajstić information content (AvgIpc) is 2.81. The van der Waals surface area contributed by atoms with E-state index in [2.05, 4.69) is 15.3 Å². The van der Waals surface area contributed by atoms with Crippen LogP contribution in [-0.2, 0) is 0 Å². The van der Waals surface area contributed by atoms with E-state index in [1.165, 1.54) is 29.5 Å². The summed E-state index contributed by atoms with van der Waals surface area (Å²) >= 11 is 1.49. The topological polar surface area (TPSA) is 87.6 Å². The van der Waals surface area contributed by atoms with Gasteiger partial charge in [-0.3, -0.25) is 0 Å². The lowest BCUT2D eigenvalue weighted by Gasteiger charge is -2.08. The molecule has 7 heteroatoms. The fourth-order valence-electron chi connectivity index (χ4n) is 1.97. The fourth-order valence-corrected chi connectivity index (χ4v) is 2.85. The molecule has 0 atom stereocenters. The predicted octanol–water partition coefficient (Wildman–Crippen LogP) is 3.34. The van der Waals surface area contributed by atoms with Crippen LogP contribution in [0.1, 0.15) is 10.4 Å². The van der Waals surface area contributed by atoms with Gasteiger partial charge in [0.1, 0.15) is 16.5 Å². The molecule has 2 aromatic heterocycles. The first-order valence-corrected chi connectivity index (χ1v) is 6.89. The van der Waals surface area contributed by atoms with Gasteiger partial charge in [0.2, 0.25) is 5.95 Å². The molecule has 3 aromatic rings. The molecule has 5 nitrogen and oxygen atoms in total. The minimum atomic E-state index is -0.522. The smallest absolute Gasteiger partial charge is 0.223 e. The number of anilines is 3. The molecule has 3 rings (SSSR count). The molecule has 3 N–H and O–H groups in total. The maximum Gasteiger partial charge on any atom is 0.223 e. The summed E-state index contributed by atoms with van der Waals surface area (Å²) in [7, 11) is 0. The third-order valence-electron chi connectivity index (χ3n) is 2.88. The van der Waals surface area contributed by atoms with Crippen LogP contribution in [0.5, 0.6) is 0 Å². The lowest BCUT2D eigenvalue weighted by Crippen LogP contribution is -2.01. The molecular formula is C14H10FN5S. The zero-order valence-electron chi connectivity index (χ0n) is 11.0. The van der Waals surface area contributed by atoms with Crippen molar-refractivity contribution >= 4 is 39.0 Å². The van der Waals surface area contributed by atoms with Crippen molar-refractivity contribution in [3.8, 4) is 6.07 Å². The number of nitrogens with two attached hydrogens (primary N) is 1. The number of hydrogen-bond acceptors (Lipinski definition) is 6. The van der Waals surface area contributed by atoms with Gasteiger partial charge in [-0.05, 0) is 31.2 Å². The zero-order chi connectivity index (χ0) is 15.0. The second-order valence-corrected chi connectivity index (χ2v) is 5.67. The number of aryl methyl sites for hydroxylation is 1. The van der Waals surface area contributed by atoms with Gasteiger partial charge in [-0.15, -0.1) is 11.3 Å². The lowest BCUT2D eigenvalue weighted by molar-refractivity contribution is 0.631. The van der Waals surface area contributed by atoms with Crippen LogP contribution in [0.25, 0.3) is 10.2 Å². The molecule has 2 heterocycles. The lowest BCUT2D eigenvalue weighted by atomic mass is 10.2. The summed E-state index contributed by atoms with van der Waals surface area (Å²) < 4.78 is 13.9. The number of halogens is 1. The van der Waals surface area contributed by atoms with Crippen molar-refractivity contribution in [1.82, 2.24) is 9.97 Å².